The van der Waals surface area contributed by atoms with Crippen LogP contribution in [0.15, 0.2) is 17.8 Å². The van der Waals surface area contributed by atoms with Gasteiger partial charge in [-0.15, -0.1) is 11.3 Å². The Labute approximate surface area is 91.4 Å². The van der Waals surface area contributed by atoms with Crippen LogP contribution in [0.4, 0.5) is 0 Å². The number of imidazole rings is 1. The molecule has 0 amide bonds. The molecule has 0 saturated carbocycles. The lowest BCUT2D eigenvalue weighted by Crippen LogP contribution is -2.03. The number of aryl methyl sites for hydroxylation is 1. The zero-order valence-corrected chi connectivity index (χ0v) is 9.35. The largest absolute Gasteiger partial charge is 0.329 e. The van der Waals surface area contributed by atoms with Gasteiger partial charge in [0.15, 0.2) is 4.47 Å². The van der Waals surface area contributed by atoms with E-state index in [1.54, 1.807) is 0 Å². The maximum Gasteiger partial charge on any atom is 0.183 e. The fourth-order valence-electron chi connectivity index (χ4n) is 1.33. The molecule has 0 radical (unpaired) electrons. The second kappa shape index (κ2) is 4.11. The van der Waals surface area contributed by atoms with Crippen molar-refractivity contribution < 1.29 is 0 Å². The van der Waals surface area contributed by atoms with Gasteiger partial charge in [0.2, 0.25) is 0 Å². The Balaban J connectivity index is 2.18. The highest BCUT2D eigenvalue weighted by Crippen LogP contribution is 2.16. The lowest BCUT2D eigenvalue weighted by atomic mass is 10.4. The van der Waals surface area contributed by atoms with Gasteiger partial charge in [-0.3, -0.25) is 0 Å². The third-order valence-corrected chi connectivity index (χ3v) is 3.00. The summed E-state index contributed by atoms with van der Waals surface area (Å²) in [5, 5.41) is 1.97. The normalized spacial score (nSPS) is 10.7. The van der Waals surface area contributed by atoms with Crippen molar-refractivity contribution in [3.05, 3.63) is 33.8 Å². The molecule has 0 atom stereocenters. The summed E-state index contributed by atoms with van der Waals surface area (Å²) in [6.07, 6.45) is 4.71. The van der Waals surface area contributed by atoms with E-state index in [0.717, 1.165) is 24.5 Å². The molecule has 2 aromatic rings. The molecular weight excluding hydrogens is 218 g/mol. The number of nitrogens with zero attached hydrogens (tertiary/aromatic N) is 3. The molecule has 0 aliphatic rings. The molecule has 2 heterocycles. The second-order valence-corrected chi connectivity index (χ2v) is 4.36. The van der Waals surface area contributed by atoms with Crippen LogP contribution in [0.25, 0.3) is 0 Å². The Morgan fingerprint density at radius 2 is 2.43 bits per heavy atom. The van der Waals surface area contributed by atoms with Crippen LogP contribution in [0.1, 0.15) is 18.4 Å². The van der Waals surface area contributed by atoms with Gasteiger partial charge in [0, 0.05) is 24.2 Å². The molecule has 0 saturated heterocycles. The Bertz CT molecular complexity index is 421. The van der Waals surface area contributed by atoms with Gasteiger partial charge in [0.25, 0.3) is 0 Å². The molecule has 74 valence electrons. The summed E-state index contributed by atoms with van der Waals surface area (Å²) in [5.74, 6) is 1.08. The first kappa shape index (κ1) is 9.68. The van der Waals surface area contributed by atoms with Crippen molar-refractivity contribution in [2.45, 2.75) is 19.9 Å². The van der Waals surface area contributed by atoms with Crippen LogP contribution in [0, 0.1) is 0 Å². The minimum Gasteiger partial charge on any atom is -0.329 e. The standard InChI is InChI=1S/C9H10ClN3S/c1-2-8-11-3-4-13(8)5-7-6-14-9(10)12-7/h3-4,6H,2,5H2,1H3. The second-order valence-electron chi connectivity index (χ2n) is 2.92. The van der Waals surface area contributed by atoms with Gasteiger partial charge < -0.3 is 4.57 Å². The van der Waals surface area contributed by atoms with Crippen LogP contribution in [0.2, 0.25) is 4.47 Å². The first-order valence-corrected chi connectivity index (χ1v) is 5.65. The molecule has 0 spiro atoms. The Morgan fingerprint density at radius 1 is 1.57 bits per heavy atom. The molecule has 0 aliphatic carbocycles. The third kappa shape index (κ3) is 1.96. The number of hydrogen-bond acceptors (Lipinski definition) is 3. The van der Waals surface area contributed by atoms with Crippen molar-refractivity contribution in [2.24, 2.45) is 0 Å². The van der Waals surface area contributed by atoms with Crippen LogP contribution in [-0.2, 0) is 13.0 Å². The van der Waals surface area contributed by atoms with Gasteiger partial charge >= 0.3 is 0 Å². The SMILES string of the molecule is CCc1nccn1Cc1csc(Cl)n1. The maximum atomic E-state index is 5.76. The minimum absolute atomic E-state index is 0.596. The molecule has 0 unspecified atom stereocenters. The van der Waals surface area contributed by atoms with E-state index in [1.165, 1.54) is 11.3 Å². The van der Waals surface area contributed by atoms with Crippen LogP contribution in [0.3, 0.4) is 0 Å². The predicted molar refractivity (Wildman–Crippen MR) is 57.8 cm³/mol. The van der Waals surface area contributed by atoms with E-state index in [0.29, 0.717) is 4.47 Å². The van der Waals surface area contributed by atoms with Crippen molar-refractivity contribution in [1.29, 1.82) is 0 Å². The van der Waals surface area contributed by atoms with Crippen molar-refractivity contribution in [2.75, 3.05) is 0 Å². The Hall–Kier alpha value is -0.870. The zero-order chi connectivity index (χ0) is 9.97. The van der Waals surface area contributed by atoms with Crippen LogP contribution in [0.5, 0.6) is 0 Å². The lowest BCUT2D eigenvalue weighted by Gasteiger charge is -2.02. The lowest BCUT2D eigenvalue weighted by molar-refractivity contribution is 0.720. The summed E-state index contributed by atoms with van der Waals surface area (Å²) < 4.78 is 2.68. The van der Waals surface area contributed by atoms with Crippen LogP contribution >= 0.6 is 22.9 Å². The Kier molecular flexibility index (Phi) is 2.84. The quantitative estimate of drug-likeness (QED) is 0.807. The summed E-state index contributed by atoms with van der Waals surface area (Å²) in [4.78, 5) is 8.44. The average molecular weight is 228 g/mol. The molecule has 2 rings (SSSR count). The highest BCUT2D eigenvalue weighted by atomic mass is 35.5. The summed E-state index contributed by atoms with van der Waals surface area (Å²) >= 11 is 7.22. The zero-order valence-electron chi connectivity index (χ0n) is 7.77. The monoisotopic (exact) mass is 227 g/mol. The predicted octanol–water partition coefficient (Wildman–Crippen LogP) is 2.60. The van der Waals surface area contributed by atoms with E-state index in [-0.39, 0.29) is 0 Å². The Morgan fingerprint density at radius 3 is 3.07 bits per heavy atom. The molecule has 2 aromatic heterocycles. The molecule has 14 heavy (non-hydrogen) atoms. The van der Waals surface area contributed by atoms with Crippen molar-refractivity contribution >= 4 is 22.9 Å². The van der Waals surface area contributed by atoms with E-state index in [9.17, 15) is 0 Å². The van der Waals surface area contributed by atoms with E-state index < -0.39 is 0 Å². The summed E-state index contributed by atoms with van der Waals surface area (Å²) in [5.41, 5.74) is 0.993. The van der Waals surface area contributed by atoms with Crippen molar-refractivity contribution in [3.63, 3.8) is 0 Å². The molecular formula is C9H10ClN3S. The summed E-state index contributed by atoms with van der Waals surface area (Å²) in [6, 6.07) is 0. The molecule has 5 heteroatoms. The smallest absolute Gasteiger partial charge is 0.183 e. The van der Waals surface area contributed by atoms with Gasteiger partial charge in [0.05, 0.1) is 12.2 Å². The number of hydrogen-bond donors (Lipinski definition) is 0. The molecule has 3 nitrogen and oxygen atoms in total. The number of rotatable bonds is 3. The van der Waals surface area contributed by atoms with Crippen LogP contribution in [-0.4, -0.2) is 14.5 Å². The molecule has 0 aliphatic heterocycles. The third-order valence-electron chi connectivity index (χ3n) is 1.97. The van der Waals surface area contributed by atoms with Gasteiger partial charge in [0.1, 0.15) is 5.82 Å². The number of halogens is 1. The topological polar surface area (TPSA) is 30.7 Å². The molecule has 0 bridgehead atoms. The molecule has 0 aromatic carbocycles. The first-order chi connectivity index (χ1) is 6.79. The highest BCUT2D eigenvalue weighted by molar-refractivity contribution is 7.13. The van der Waals surface area contributed by atoms with E-state index in [2.05, 4.69) is 21.5 Å². The highest BCUT2D eigenvalue weighted by Gasteiger charge is 2.03. The average Bonchev–Trinajstić information content (AvgIpc) is 2.76. The first-order valence-electron chi connectivity index (χ1n) is 4.39. The van der Waals surface area contributed by atoms with Crippen LogP contribution < -0.4 is 0 Å². The number of thiazole rings is 1. The fraction of sp³-hybridized carbons (Fsp3) is 0.333. The van der Waals surface area contributed by atoms with Gasteiger partial charge in [-0.1, -0.05) is 18.5 Å². The minimum atomic E-state index is 0.596. The van der Waals surface area contributed by atoms with E-state index >= 15 is 0 Å². The number of aromatic nitrogens is 3. The van der Waals surface area contributed by atoms with E-state index in [4.69, 9.17) is 11.6 Å². The van der Waals surface area contributed by atoms with Gasteiger partial charge in [-0.25, -0.2) is 9.97 Å². The maximum absolute atomic E-state index is 5.76. The fourth-order valence-corrected chi connectivity index (χ4v) is 2.10. The molecule has 0 N–H and O–H groups in total. The van der Waals surface area contributed by atoms with Crippen molar-refractivity contribution in [1.82, 2.24) is 14.5 Å². The molecule has 0 fully saturated rings. The van der Waals surface area contributed by atoms with E-state index in [1.807, 2.05) is 17.8 Å². The van der Waals surface area contributed by atoms with Crippen molar-refractivity contribution in [3.8, 4) is 0 Å². The van der Waals surface area contributed by atoms with Gasteiger partial charge in [-0.05, 0) is 0 Å². The summed E-state index contributed by atoms with van der Waals surface area (Å²) in [6.45, 7) is 2.85. The van der Waals surface area contributed by atoms with Gasteiger partial charge in [-0.2, -0.15) is 0 Å². The summed E-state index contributed by atoms with van der Waals surface area (Å²) in [7, 11) is 0.